The van der Waals surface area contributed by atoms with E-state index < -0.39 is 0 Å². The average Bonchev–Trinajstić information content (AvgIpc) is 2.62. The van der Waals surface area contributed by atoms with Gasteiger partial charge in [-0.1, -0.05) is 41.9 Å². The maximum atomic E-state index is 8.73. The van der Waals surface area contributed by atoms with Gasteiger partial charge in [0.2, 0.25) is 5.95 Å². The highest BCUT2D eigenvalue weighted by atomic mass is 35.5. The number of hydrogen-bond acceptors (Lipinski definition) is 7. The fourth-order valence-corrected chi connectivity index (χ4v) is 1.96. The summed E-state index contributed by atoms with van der Waals surface area (Å²) < 4.78 is 0. The molecule has 0 aliphatic carbocycles. The summed E-state index contributed by atoms with van der Waals surface area (Å²) in [6.07, 6.45) is 4.35. The van der Waals surface area contributed by atoms with Crippen molar-refractivity contribution in [3.63, 3.8) is 0 Å². The van der Waals surface area contributed by atoms with Crippen LogP contribution in [0.3, 0.4) is 0 Å². The molecular formula is C16H19ClN6O. The number of hydrogen-bond donors (Lipinski definition) is 4. The molecule has 1 heterocycles. The van der Waals surface area contributed by atoms with Crippen LogP contribution in [-0.2, 0) is 6.54 Å². The molecule has 0 unspecified atom stereocenters. The van der Waals surface area contributed by atoms with Crippen molar-refractivity contribution in [2.75, 3.05) is 23.8 Å². The molecule has 0 amide bonds. The molecule has 7 nitrogen and oxygen atoms in total. The van der Waals surface area contributed by atoms with E-state index in [1.165, 1.54) is 18.6 Å². The minimum Gasteiger partial charge on any atom is -0.403 e. The zero-order chi connectivity index (χ0) is 17.2. The van der Waals surface area contributed by atoms with Gasteiger partial charge in [0, 0.05) is 19.0 Å². The molecule has 0 saturated heterocycles. The number of aliphatic hydroxyl groups is 1. The van der Waals surface area contributed by atoms with Gasteiger partial charge in [0.1, 0.15) is 5.02 Å². The third kappa shape index (κ3) is 5.53. The van der Waals surface area contributed by atoms with Crippen molar-refractivity contribution in [3.8, 4) is 0 Å². The van der Waals surface area contributed by atoms with E-state index in [0.29, 0.717) is 35.6 Å². The Hall–Kier alpha value is -2.64. The van der Waals surface area contributed by atoms with E-state index in [1.54, 1.807) is 0 Å². The first-order valence-electron chi connectivity index (χ1n) is 7.33. The van der Waals surface area contributed by atoms with Crippen LogP contribution in [0.25, 0.3) is 0 Å². The van der Waals surface area contributed by atoms with E-state index in [2.05, 4.69) is 25.6 Å². The highest BCUT2D eigenvalue weighted by molar-refractivity contribution is 6.32. The molecule has 0 atom stereocenters. The predicted molar refractivity (Wildman–Crippen MR) is 97.1 cm³/mol. The van der Waals surface area contributed by atoms with Gasteiger partial charge in [0.15, 0.2) is 5.82 Å². The Bertz CT molecular complexity index is 705. The molecule has 0 fully saturated rings. The highest BCUT2D eigenvalue weighted by Gasteiger charge is 2.06. The lowest BCUT2D eigenvalue weighted by Gasteiger charge is -2.10. The quantitative estimate of drug-likeness (QED) is 0.544. The maximum absolute atomic E-state index is 8.73. The Morgan fingerprint density at radius 2 is 2.12 bits per heavy atom. The number of allylic oxidation sites excluding steroid dienone is 1. The van der Waals surface area contributed by atoms with Crippen LogP contribution >= 0.6 is 11.6 Å². The molecule has 0 aliphatic rings. The third-order valence-electron chi connectivity index (χ3n) is 2.94. The number of aromatic nitrogens is 2. The molecule has 0 saturated carbocycles. The van der Waals surface area contributed by atoms with Gasteiger partial charge in [-0.2, -0.15) is 4.98 Å². The number of benzene rings is 1. The summed E-state index contributed by atoms with van der Waals surface area (Å²) in [7, 11) is 0. The predicted octanol–water partition coefficient (Wildman–Crippen LogP) is 2.02. The van der Waals surface area contributed by atoms with E-state index in [0.717, 1.165) is 5.56 Å². The first-order chi connectivity index (χ1) is 11.7. The second-order valence-electron chi connectivity index (χ2n) is 4.74. The lowest BCUT2D eigenvalue weighted by Crippen LogP contribution is -2.09. The van der Waals surface area contributed by atoms with E-state index in [1.807, 2.05) is 30.3 Å². The zero-order valence-corrected chi connectivity index (χ0v) is 13.7. The van der Waals surface area contributed by atoms with Gasteiger partial charge in [-0.25, -0.2) is 4.98 Å². The summed E-state index contributed by atoms with van der Waals surface area (Å²) in [6, 6.07) is 9.91. The van der Waals surface area contributed by atoms with Crippen LogP contribution < -0.4 is 16.4 Å². The van der Waals surface area contributed by atoms with Crippen molar-refractivity contribution in [3.05, 3.63) is 59.0 Å². The van der Waals surface area contributed by atoms with E-state index >= 15 is 0 Å². The number of nitrogens with zero attached hydrogens (tertiary/aromatic N) is 3. The summed E-state index contributed by atoms with van der Waals surface area (Å²) in [5.41, 5.74) is 7.16. The minimum atomic E-state index is -0.0284. The van der Waals surface area contributed by atoms with Crippen LogP contribution in [0.15, 0.2) is 53.4 Å². The Morgan fingerprint density at radius 1 is 1.33 bits per heavy atom. The molecule has 2 rings (SSSR count). The lowest BCUT2D eigenvalue weighted by molar-refractivity contribution is 0.307. The molecule has 0 radical (unpaired) electrons. The topological polar surface area (TPSA) is 108 Å². The van der Waals surface area contributed by atoms with E-state index in [9.17, 15) is 0 Å². The standard InChI is InChI=1S/C16H19ClN6O/c17-14-11-21-16(22-13(8-18)10-19-6-7-24)23-15(14)20-9-12-4-2-1-3-5-12/h1-5,8,10-11,24H,6-7,9,18H2,(H2,20,21,22,23)/b13-8+,19-10?. The fraction of sp³-hybridized carbons (Fsp3) is 0.188. The zero-order valence-electron chi connectivity index (χ0n) is 13.0. The maximum Gasteiger partial charge on any atom is 0.229 e. The largest absolute Gasteiger partial charge is 0.403 e. The lowest BCUT2D eigenvalue weighted by atomic mass is 10.2. The normalized spacial score (nSPS) is 11.7. The van der Waals surface area contributed by atoms with Crippen molar-refractivity contribution >= 4 is 29.6 Å². The molecule has 24 heavy (non-hydrogen) atoms. The van der Waals surface area contributed by atoms with Crippen LogP contribution in [-0.4, -0.2) is 34.4 Å². The average molecular weight is 347 g/mol. The Balaban J connectivity index is 2.04. The summed E-state index contributed by atoms with van der Waals surface area (Å²) in [6.45, 7) is 0.859. The van der Waals surface area contributed by atoms with Crippen LogP contribution in [0, 0.1) is 0 Å². The van der Waals surface area contributed by atoms with Gasteiger partial charge in [-0.05, 0) is 5.56 Å². The van der Waals surface area contributed by atoms with Crippen molar-refractivity contribution in [1.29, 1.82) is 0 Å². The number of anilines is 2. The monoisotopic (exact) mass is 346 g/mol. The molecule has 1 aromatic carbocycles. The van der Waals surface area contributed by atoms with Gasteiger partial charge in [-0.3, -0.25) is 4.99 Å². The molecule has 0 aliphatic heterocycles. The Morgan fingerprint density at radius 3 is 2.83 bits per heavy atom. The Labute approximate surface area is 145 Å². The summed E-state index contributed by atoms with van der Waals surface area (Å²) in [4.78, 5) is 12.4. The molecule has 5 N–H and O–H groups in total. The fourth-order valence-electron chi connectivity index (χ4n) is 1.80. The molecule has 126 valence electrons. The SMILES string of the molecule is N/C=C(\C=NCCO)Nc1ncc(Cl)c(NCc2ccccc2)n1. The Kier molecular flexibility index (Phi) is 7.00. The van der Waals surface area contributed by atoms with Gasteiger partial charge >= 0.3 is 0 Å². The summed E-state index contributed by atoms with van der Waals surface area (Å²) in [5.74, 6) is 0.851. The van der Waals surface area contributed by atoms with Crippen molar-refractivity contribution in [1.82, 2.24) is 9.97 Å². The van der Waals surface area contributed by atoms with Crippen molar-refractivity contribution < 1.29 is 5.11 Å². The number of aliphatic hydroxyl groups excluding tert-OH is 1. The van der Waals surface area contributed by atoms with Crippen LogP contribution in [0.5, 0.6) is 0 Å². The van der Waals surface area contributed by atoms with E-state index in [-0.39, 0.29) is 6.61 Å². The van der Waals surface area contributed by atoms with Gasteiger partial charge < -0.3 is 21.5 Å². The molecule has 2 aromatic rings. The number of nitrogens with one attached hydrogen (secondary N) is 2. The molecule has 0 spiro atoms. The first kappa shape index (κ1) is 17.7. The highest BCUT2D eigenvalue weighted by Crippen LogP contribution is 2.20. The van der Waals surface area contributed by atoms with Gasteiger partial charge in [-0.15, -0.1) is 0 Å². The molecule has 8 heteroatoms. The first-order valence-corrected chi connectivity index (χ1v) is 7.70. The number of halogens is 1. The van der Waals surface area contributed by atoms with Gasteiger partial charge in [0.05, 0.1) is 25.0 Å². The van der Waals surface area contributed by atoms with E-state index in [4.69, 9.17) is 22.4 Å². The van der Waals surface area contributed by atoms with Crippen molar-refractivity contribution in [2.24, 2.45) is 10.7 Å². The van der Waals surface area contributed by atoms with Crippen LogP contribution in [0.4, 0.5) is 11.8 Å². The van der Waals surface area contributed by atoms with Crippen molar-refractivity contribution in [2.45, 2.75) is 6.54 Å². The third-order valence-corrected chi connectivity index (χ3v) is 3.22. The number of nitrogens with two attached hydrogens (primary N) is 1. The minimum absolute atomic E-state index is 0.0284. The van der Waals surface area contributed by atoms with Gasteiger partial charge in [0.25, 0.3) is 0 Å². The molecule has 0 bridgehead atoms. The number of rotatable bonds is 8. The van der Waals surface area contributed by atoms with Crippen LogP contribution in [0.2, 0.25) is 5.02 Å². The second-order valence-corrected chi connectivity index (χ2v) is 5.14. The summed E-state index contributed by atoms with van der Waals surface area (Å²) >= 11 is 6.13. The second kappa shape index (κ2) is 9.49. The molecular weight excluding hydrogens is 328 g/mol. The molecule has 1 aromatic heterocycles. The smallest absolute Gasteiger partial charge is 0.229 e. The summed E-state index contributed by atoms with van der Waals surface area (Å²) in [5, 5.41) is 15.3. The van der Waals surface area contributed by atoms with Crippen LogP contribution in [0.1, 0.15) is 5.56 Å². The number of aliphatic imine (C=N–C) groups is 1.